The zero-order chi connectivity index (χ0) is 14.8. The lowest BCUT2D eigenvalue weighted by atomic mass is 9.99. The highest BCUT2D eigenvalue weighted by molar-refractivity contribution is 6.21. The summed E-state index contributed by atoms with van der Waals surface area (Å²) < 4.78 is 0. The maximum atomic E-state index is 4.90. The Balaban J connectivity index is 1.87. The van der Waals surface area contributed by atoms with Crippen molar-refractivity contribution >= 4 is 17.5 Å². The molecular weight excluding hydrogens is 266 g/mol. The van der Waals surface area contributed by atoms with Crippen molar-refractivity contribution in [2.24, 2.45) is 4.99 Å². The molecule has 104 valence electrons. The van der Waals surface area contributed by atoms with Crippen LogP contribution in [0, 0.1) is 0 Å². The van der Waals surface area contributed by atoms with Crippen molar-refractivity contribution in [3.05, 3.63) is 107 Å². The van der Waals surface area contributed by atoms with E-state index >= 15 is 0 Å². The summed E-state index contributed by atoms with van der Waals surface area (Å²) >= 11 is 0. The molecule has 3 aromatic carbocycles. The van der Waals surface area contributed by atoms with E-state index in [9.17, 15) is 0 Å². The molecule has 4 rings (SSSR count). The van der Waals surface area contributed by atoms with Crippen molar-refractivity contribution in [3.8, 4) is 0 Å². The minimum Gasteiger partial charge on any atom is -0.247 e. The molecule has 0 aliphatic carbocycles. The first-order valence-corrected chi connectivity index (χ1v) is 7.42. The van der Waals surface area contributed by atoms with Crippen molar-refractivity contribution in [2.75, 3.05) is 0 Å². The quantitative estimate of drug-likeness (QED) is 0.624. The predicted molar refractivity (Wildman–Crippen MR) is 92.8 cm³/mol. The molecule has 0 atom stereocenters. The van der Waals surface area contributed by atoms with Gasteiger partial charge in [0, 0.05) is 16.7 Å². The van der Waals surface area contributed by atoms with Crippen LogP contribution in [0.5, 0.6) is 0 Å². The Morgan fingerprint density at radius 1 is 0.591 bits per heavy atom. The smallest absolute Gasteiger partial charge is 0.0788 e. The van der Waals surface area contributed by atoms with Crippen LogP contribution in [0.1, 0.15) is 22.3 Å². The summed E-state index contributed by atoms with van der Waals surface area (Å²) in [6.07, 6.45) is 2.15. The van der Waals surface area contributed by atoms with Crippen molar-refractivity contribution in [2.45, 2.75) is 0 Å². The fraction of sp³-hybridized carbons (Fsp3) is 0. The molecule has 0 saturated heterocycles. The molecule has 3 aromatic rings. The zero-order valence-corrected chi connectivity index (χ0v) is 12.1. The Bertz CT molecular complexity index is 859. The summed E-state index contributed by atoms with van der Waals surface area (Å²) in [5.74, 6) is 0. The molecule has 1 nitrogen and oxygen atoms in total. The molecule has 0 N–H and O–H groups in total. The molecule has 1 heteroatoms. The highest BCUT2D eigenvalue weighted by Crippen LogP contribution is 2.32. The van der Waals surface area contributed by atoms with Crippen LogP contribution in [-0.4, -0.2) is 5.71 Å². The van der Waals surface area contributed by atoms with Crippen LogP contribution in [0.25, 0.3) is 11.8 Å². The lowest BCUT2D eigenvalue weighted by Gasteiger charge is -2.02. The van der Waals surface area contributed by atoms with Gasteiger partial charge in [-0.2, -0.15) is 0 Å². The van der Waals surface area contributed by atoms with Gasteiger partial charge in [0.2, 0.25) is 0 Å². The van der Waals surface area contributed by atoms with Gasteiger partial charge >= 0.3 is 0 Å². The van der Waals surface area contributed by atoms with E-state index < -0.39 is 0 Å². The first kappa shape index (κ1) is 12.8. The van der Waals surface area contributed by atoms with Crippen LogP contribution in [-0.2, 0) is 0 Å². The molecule has 0 aromatic heterocycles. The molecule has 0 radical (unpaired) electrons. The lowest BCUT2D eigenvalue weighted by Crippen LogP contribution is -1.99. The lowest BCUT2D eigenvalue weighted by molar-refractivity contribution is 1.57. The van der Waals surface area contributed by atoms with E-state index in [4.69, 9.17) is 4.99 Å². The highest BCUT2D eigenvalue weighted by Gasteiger charge is 2.20. The topological polar surface area (TPSA) is 12.4 Å². The van der Waals surface area contributed by atoms with Crippen molar-refractivity contribution < 1.29 is 0 Å². The van der Waals surface area contributed by atoms with Gasteiger partial charge in [0.1, 0.15) is 0 Å². The fourth-order valence-electron chi connectivity index (χ4n) is 2.79. The van der Waals surface area contributed by atoms with Crippen LogP contribution in [0.4, 0.5) is 0 Å². The molecule has 0 unspecified atom stereocenters. The SMILES string of the molecule is C(=C1/N=C(c2ccccc2)c2ccccc21)/c1ccccc1. The van der Waals surface area contributed by atoms with E-state index in [1.165, 1.54) is 16.7 Å². The Morgan fingerprint density at radius 3 is 1.91 bits per heavy atom. The second-order valence-electron chi connectivity index (χ2n) is 5.31. The Labute approximate surface area is 130 Å². The minimum absolute atomic E-state index is 1.03. The van der Waals surface area contributed by atoms with E-state index in [-0.39, 0.29) is 0 Å². The first-order valence-electron chi connectivity index (χ1n) is 7.42. The Morgan fingerprint density at radius 2 is 1.18 bits per heavy atom. The summed E-state index contributed by atoms with van der Waals surface area (Å²) in [5.41, 5.74) is 6.82. The molecule has 0 spiro atoms. The largest absolute Gasteiger partial charge is 0.247 e. The summed E-state index contributed by atoms with van der Waals surface area (Å²) in [6, 6.07) is 29.1. The molecule has 0 bridgehead atoms. The van der Waals surface area contributed by atoms with E-state index in [1.807, 2.05) is 12.1 Å². The number of fused-ring (bicyclic) bond motifs is 1. The third-order valence-electron chi connectivity index (χ3n) is 3.84. The van der Waals surface area contributed by atoms with Gasteiger partial charge in [0.05, 0.1) is 11.4 Å². The van der Waals surface area contributed by atoms with Crippen LogP contribution in [0.2, 0.25) is 0 Å². The number of benzene rings is 3. The van der Waals surface area contributed by atoms with Crippen LogP contribution in [0.3, 0.4) is 0 Å². The number of aliphatic imine (C=N–C) groups is 1. The summed E-state index contributed by atoms with van der Waals surface area (Å²) in [5, 5.41) is 0. The van der Waals surface area contributed by atoms with Crippen molar-refractivity contribution in [1.82, 2.24) is 0 Å². The number of hydrogen-bond acceptors (Lipinski definition) is 1. The van der Waals surface area contributed by atoms with Crippen molar-refractivity contribution in [3.63, 3.8) is 0 Å². The normalized spacial score (nSPS) is 14.7. The van der Waals surface area contributed by atoms with Gasteiger partial charge in [-0.25, -0.2) is 4.99 Å². The minimum atomic E-state index is 1.03. The monoisotopic (exact) mass is 281 g/mol. The zero-order valence-electron chi connectivity index (χ0n) is 12.1. The van der Waals surface area contributed by atoms with Gasteiger partial charge in [-0.15, -0.1) is 0 Å². The standard InChI is InChI=1S/C21H15N/c1-3-9-16(10-4-1)15-20-18-13-7-8-14-19(18)21(22-20)17-11-5-2-6-12-17/h1-15H/b20-15-. The maximum absolute atomic E-state index is 4.90. The van der Waals surface area contributed by atoms with Gasteiger partial charge in [-0.05, 0) is 11.6 Å². The van der Waals surface area contributed by atoms with Crippen LogP contribution < -0.4 is 0 Å². The highest BCUT2D eigenvalue weighted by atomic mass is 14.8. The fourth-order valence-corrected chi connectivity index (χ4v) is 2.79. The van der Waals surface area contributed by atoms with Crippen molar-refractivity contribution in [1.29, 1.82) is 0 Å². The third-order valence-corrected chi connectivity index (χ3v) is 3.84. The van der Waals surface area contributed by atoms with Gasteiger partial charge in [-0.1, -0.05) is 84.9 Å². The molecule has 1 heterocycles. The Hall–Kier alpha value is -2.93. The number of rotatable bonds is 2. The average molecular weight is 281 g/mol. The van der Waals surface area contributed by atoms with E-state index in [1.54, 1.807) is 0 Å². The number of hydrogen-bond donors (Lipinski definition) is 0. The molecule has 1 aliphatic rings. The predicted octanol–water partition coefficient (Wildman–Crippen LogP) is 5.04. The molecule has 1 aliphatic heterocycles. The third kappa shape index (κ3) is 2.27. The van der Waals surface area contributed by atoms with Gasteiger partial charge in [0.25, 0.3) is 0 Å². The maximum Gasteiger partial charge on any atom is 0.0788 e. The summed E-state index contributed by atoms with van der Waals surface area (Å²) in [7, 11) is 0. The molecular formula is C21H15N. The molecule has 0 saturated carbocycles. The van der Waals surface area contributed by atoms with Gasteiger partial charge in [0.15, 0.2) is 0 Å². The van der Waals surface area contributed by atoms with Gasteiger partial charge < -0.3 is 0 Å². The van der Waals surface area contributed by atoms with Gasteiger partial charge in [-0.3, -0.25) is 0 Å². The average Bonchev–Trinajstić information content (AvgIpc) is 2.96. The van der Waals surface area contributed by atoms with E-state index in [2.05, 4.69) is 78.9 Å². The van der Waals surface area contributed by atoms with Crippen LogP contribution in [0.15, 0.2) is 89.9 Å². The molecule has 22 heavy (non-hydrogen) atoms. The Kier molecular flexibility index (Phi) is 3.17. The molecule has 0 amide bonds. The second-order valence-corrected chi connectivity index (χ2v) is 5.31. The summed E-state index contributed by atoms with van der Waals surface area (Å²) in [6.45, 7) is 0. The van der Waals surface area contributed by atoms with E-state index in [0.717, 1.165) is 17.0 Å². The summed E-state index contributed by atoms with van der Waals surface area (Å²) in [4.78, 5) is 4.90. The second kappa shape index (κ2) is 5.45. The number of nitrogens with zero attached hydrogens (tertiary/aromatic N) is 1. The first-order chi connectivity index (χ1) is 10.9. The van der Waals surface area contributed by atoms with Crippen LogP contribution >= 0.6 is 0 Å². The van der Waals surface area contributed by atoms with E-state index in [0.29, 0.717) is 0 Å². The molecule has 0 fully saturated rings.